The number of carbonyl (C=O) groups is 1. The number of hydrogen-bond acceptors (Lipinski definition) is 5. The lowest BCUT2D eigenvalue weighted by Gasteiger charge is -2.17. The Morgan fingerprint density at radius 1 is 1.19 bits per heavy atom. The molecule has 0 aliphatic rings. The molecule has 3 N–H and O–H groups in total. The van der Waals surface area contributed by atoms with E-state index in [0.717, 1.165) is 16.5 Å². The molecule has 0 radical (unpaired) electrons. The number of amides is 1. The molecule has 0 fully saturated rings. The summed E-state index contributed by atoms with van der Waals surface area (Å²) < 4.78 is 5.27. The molecule has 1 aromatic heterocycles. The molecule has 0 saturated carbocycles. The third-order valence-corrected chi connectivity index (χ3v) is 4.59. The third-order valence-electron chi connectivity index (χ3n) is 4.59. The summed E-state index contributed by atoms with van der Waals surface area (Å²) in [6, 6.07) is 13.3. The molecular weight excluding hydrogens is 346 g/mol. The minimum atomic E-state index is -0.514. The maximum absolute atomic E-state index is 12.3. The molecule has 0 aliphatic carbocycles. The van der Waals surface area contributed by atoms with E-state index in [4.69, 9.17) is 4.42 Å². The summed E-state index contributed by atoms with van der Waals surface area (Å²) in [5.41, 5.74) is 1.78. The first kappa shape index (κ1) is 18.7. The second kappa shape index (κ2) is 8.05. The van der Waals surface area contributed by atoms with Crippen molar-refractivity contribution in [3.63, 3.8) is 0 Å². The lowest BCUT2D eigenvalue weighted by molar-refractivity contribution is -0.122. The molecule has 1 atom stereocenters. The molecule has 2 aromatic carbocycles. The van der Waals surface area contributed by atoms with Crippen molar-refractivity contribution < 1.29 is 19.4 Å². The van der Waals surface area contributed by atoms with Crippen LogP contribution in [0, 0.1) is 6.92 Å². The Balaban J connectivity index is 1.73. The van der Waals surface area contributed by atoms with Gasteiger partial charge in [-0.3, -0.25) is 4.79 Å². The van der Waals surface area contributed by atoms with Crippen LogP contribution in [0.15, 0.2) is 57.7 Å². The van der Waals surface area contributed by atoms with Gasteiger partial charge in [-0.05, 0) is 36.6 Å². The number of aliphatic hydroxyl groups excluding tert-OH is 1. The van der Waals surface area contributed by atoms with Gasteiger partial charge in [-0.1, -0.05) is 30.3 Å². The number of aromatic hydroxyl groups is 1. The topological polar surface area (TPSA) is 99.8 Å². The molecule has 3 rings (SSSR count). The molecule has 0 saturated heterocycles. The predicted molar refractivity (Wildman–Crippen MR) is 102 cm³/mol. The molecule has 140 valence electrons. The minimum Gasteiger partial charge on any atom is -0.508 e. The van der Waals surface area contributed by atoms with Crippen LogP contribution >= 0.6 is 0 Å². The summed E-state index contributed by atoms with van der Waals surface area (Å²) in [5, 5.41) is 22.6. The van der Waals surface area contributed by atoms with Crippen molar-refractivity contribution in [1.29, 1.82) is 0 Å². The number of phenols is 1. The molecule has 6 heteroatoms. The van der Waals surface area contributed by atoms with Crippen molar-refractivity contribution in [1.82, 2.24) is 5.32 Å². The van der Waals surface area contributed by atoms with Crippen molar-refractivity contribution in [3.8, 4) is 5.75 Å². The zero-order valence-electron chi connectivity index (χ0n) is 14.9. The normalized spacial score (nSPS) is 12.1. The summed E-state index contributed by atoms with van der Waals surface area (Å²) in [6.07, 6.45) is 0.322. The molecule has 1 amide bonds. The fourth-order valence-corrected chi connectivity index (χ4v) is 3.10. The highest BCUT2D eigenvalue weighted by molar-refractivity contribution is 5.82. The zero-order valence-corrected chi connectivity index (χ0v) is 14.9. The number of aryl methyl sites for hydroxylation is 1. The first-order valence-corrected chi connectivity index (χ1v) is 8.70. The Morgan fingerprint density at radius 2 is 1.93 bits per heavy atom. The van der Waals surface area contributed by atoms with Gasteiger partial charge in [-0.2, -0.15) is 0 Å². The van der Waals surface area contributed by atoms with Crippen molar-refractivity contribution >= 4 is 16.9 Å². The highest BCUT2D eigenvalue weighted by atomic mass is 16.4. The van der Waals surface area contributed by atoms with E-state index in [9.17, 15) is 19.8 Å². The fourth-order valence-electron chi connectivity index (χ4n) is 3.10. The molecule has 1 heterocycles. The molecule has 0 aliphatic heterocycles. The van der Waals surface area contributed by atoms with Gasteiger partial charge in [0, 0.05) is 23.4 Å². The average Bonchev–Trinajstić information content (AvgIpc) is 2.66. The van der Waals surface area contributed by atoms with Crippen molar-refractivity contribution in [2.75, 3.05) is 6.61 Å². The van der Waals surface area contributed by atoms with Gasteiger partial charge in [0.25, 0.3) is 0 Å². The van der Waals surface area contributed by atoms with Crippen LogP contribution < -0.4 is 10.9 Å². The molecule has 6 nitrogen and oxygen atoms in total. The average molecular weight is 367 g/mol. The maximum atomic E-state index is 12.3. The fraction of sp³-hybridized carbons (Fsp3) is 0.238. The summed E-state index contributed by atoms with van der Waals surface area (Å²) in [5.74, 6) is -0.240. The van der Waals surface area contributed by atoms with Crippen LogP contribution in [0.3, 0.4) is 0 Å². The third kappa shape index (κ3) is 4.17. The monoisotopic (exact) mass is 367 g/mol. The Morgan fingerprint density at radius 3 is 2.63 bits per heavy atom. The molecule has 3 aromatic rings. The second-order valence-electron chi connectivity index (χ2n) is 6.39. The van der Waals surface area contributed by atoms with Crippen LogP contribution in [-0.2, 0) is 11.2 Å². The molecule has 27 heavy (non-hydrogen) atoms. The van der Waals surface area contributed by atoms with Crippen LogP contribution in [0.25, 0.3) is 11.0 Å². The number of carbonyl (C=O) groups excluding carboxylic acids is 1. The Bertz CT molecular complexity index is 1010. The van der Waals surface area contributed by atoms with Crippen LogP contribution in [0.1, 0.15) is 29.2 Å². The number of hydrogen-bond donors (Lipinski definition) is 3. The number of benzene rings is 2. The molecule has 0 spiro atoms. The largest absolute Gasteiger partial charge is 0.508 e. The Labute approximate surface area is 156 Å². The zero-order chi connectivity index (χ0) is 19.4. The van der Waals surface area contributed by atoms with Gasteiger partial charge in [-0.15, -0.1) is 0 Å². The summed E-state index contributed by atoms with van der Waals surface area (Å²) >= 11 is 0. The second-order valence-corrected chi connectivity index (χ2v) is 6.39. The van der Waals surface area contributed by atoms with E-state index in [1.165, 1.54) is 12.1 Å². The molecule has 0 bridgehead atoms. The predicted octanol–water partition coefficient (Wildman–Crippen LogP) is 2.59. The van der Waals surface area contributed by atoms with Gasteiger partial charge in [0.05, 0.1) is 12.6 Å². The SMILES string of the molecule is Cc1c(CCC(=O)NC(CO)c2ccccc2)c(=O)oc2cc(O)ccc12. The van der Waals surface area contributed by atoms with E-state index < -0.39 is 11.7 Å². The Hall–Kier alpha value is -3.12. The minimum absolute atomic E-state index is 0.0214. The van der Waals surface area contributed by atoms with Crippen molar-refractivity contribution in [2.45, 2.75) is 25.8 Å². The highest BCUT2D eigenvalue weighted by Gasteiger charge is 2.16. The van der Waals surface area contributed by atoms with E-state index >= 15 is 0 Å². The van der Waals surface area contributed by atoms with E-state index in [1.54, 1.807) is 13.0 Å². The van der Waals surface area contributed by atoms with Gasteiger partial charge in [-0.25, -0.2) is 4.79 Å². The van der Waals surface area contributed by atoms with Gasteiger partial charge in [0.2, 0.25) is 5.91 Å². The number of aliphatic hydroxyl groups is 1. The number of fused-ring (bicyclic) bond motifs is 1. The smallest absolute Gasteiger partial charge is 0.339 e. The first-order chi connectivity index (χ1) is 13.0. The first-order valence-electron chi connectivity index (χ1n) is 8.70. The molecular formula is C21H21NO5. The molecule has 1 unspecified atom stereocenters. The number of rotatable bonds is 6. The lowest BCUT2D eigenvalue weighted by Crippen LogP contribution is -2.31. The lowest BCUT2D eigenvalue weighted by atomic mass is 10.0. The van der Waals surface area contributed by atoms with Crippen LogP contribution in [0.5, 0.6) is 5.75 Å². The number of nitrogens with one attached hydrogen (secondary N) is 1. The van der Waals surface area contributed by atoms with Crippen LogP contribution in [0.2, 0.25) is 0 Å². The van der Waals surface area contributed by atoms with Gasteiger partial charge < -0.3 is 19.9 Å². The number of phenolic OH excluding ortho intramolecular Hbond substituents is 1. The summed E-state index contributed by atoms with van der Waals surface area (Å²) in [6.45, 7) is 1.58. The van der Waals surface area contributed by atoms with E-state index in [0.29, 0.717) is 11.1 Å². The summed E-state index contributed by atoms with van der Waals surface area (Å²) in [7, 11) is 0. The van der Waals surface area contributed by atoms with Crippen LogP contribution in [-0.4, -0.2) is 22.7 Å². The summed E-state index contributed by atoms with van der Waals surface area (Å²) in [4.78, 5) is 24.6. The van der Waals surface area contributed by atoms with E-state index in [1.807, 2.05) is 30.3 Å². The highest BCUT2D eigenvalue weighted by Crippen LogP contribution is 2.24. The van der Waals surface area contributed by atoms with Crippen LogP contribution in [0.4, 0.5) is 0 Å². The van der Waals surface area contributed by atoms with E-state index in [-0.39, 0.29) is 31.1 Å². The maximum Gasteiger partial charge on any atom is 0.339 e. The quantitative estimate of drug-likeness (QED) is 0.582. The van der Waals surface area contributed by atoms with Gasteiger partial charge in [0.15, 0.2) is 0 Å². The Kier molecular flexibility index (Phi) is 5.57. The van der Waals surface area contributed by atoms with Crippen molar-refractivity contribution in [2.24, 2.45) is 0 Å². The van der Waals surface area contributed by atoms with Gasteiger partial charge in [0.1, 0.15) is 11.3 Å². The van der Waals surface area contributed by atoms with Gasteiger partial charge >= 0.3 is 5.63 Å². The van der Waals surface area contributed by atoms with E-state index in [2.05, 4.69) is 5.32 Å². The van der Waals surface area contributed by atoms with Crippen molar-refractivity contribution in [3.05, 3.63) is 75.6 Å². The standard InChI is InChI=1S/C21H21NO5/c1-13-16-8-7-15(24)11-19(16)27-21(26)17(13)9-10-20(25)22-18(12-23)14-5-3-2-4-6-14/h2-8,11,18,23-24H,9-10,12H2,1H3,(H,22,25).